The van der Waals surface area contributed by atoms with Crippen molar-refractivity contribution in [2.45, 2.75) is 0 Å². The van der Waals surface area contributed by atoms with E-state index in [1.807, 2.05) is 0 Å². The molecule has 0 atom stereocenters. The molecule has 0 spiro atoms. The maximum atomic E-state index is 8.53. The molecule has 8 heavy (non-hydrogen) atoms. The van der Waals surface area contributed by atoms with Gasteiger partial charge in [-0.2, -0.15) is 0 Å². The van der Waals surface area contributed by atoms with Crippen LogP contribution in [-0.4, -0.2) is 31.4 Å². The van der Waals surface area contributed by atoms with Gasteiger partial charge >= 0.3 is 124 Å². The molecule has 0 aliphatic rings. The maximum Gasteiger partial charge on any atom is 1.00 e. The van der Waals surface area contributed by atoms with Crippen LogP contribution in [0.4, 0.5) is 0 Å². The maximum absolute atomic E-state index is 8.53. The third-order valence-corrected chi connectivity index (χ3v) is 0. The van der Waals surface area contributed by atoms with E-state index in [0.717, 1.165) is 0 Å². The summed E-state index contributed by atoms with van der Waals surface area (Å²) in [5, 5.41) is 0. The molecule has 0 heterocycles. The van der Waals surface area contributed by atoms with E-state index in [1.165, 1.54) is 0 Å². The summed E-state index contributed by atoms with van der Waals surface area (Å²) in [6.07, 6.45) is 0. The molecule has 0 radical (unpaired) electrons. The van der Waals surface area contributed by atoms with Crippen molar-refractivity contribution in [3.63, 3.8) is 0 Å². The van der Waals surface area contributed by atoms with Crippen LogP contribution in [-0.2, 0) is 7.56 Å². The van der Waals surface area contributed by atoms with Crippen molar-refractivity contribution < 1.29 is 92.9 Å². The van der Waals surface area contributed by atoms with Gasteiger partial charge in [0.1, 0.15) is 0 Å². The summed E-state index contributed by atoms with van der Waals surface area (Å²) in [7, 11) is 0. The fraction of sp³-hybridized carbons (Fsp3) is 0. The van der Waals surface area contributed by atoms with Gasteiger partial charge in [0.05, 0.1) is 0 Å². The zero-order chi connectivity index (χ0) is 5.41. The van der Waals surface area contributed by atoms with Gasteiger partial charge in [-0.1, -0.05) is 0 Å². The summed E-state index contributed by atoms with van der Waals surface area (Å²) in [4.78, 5) is 0. The molecule has 0 saturated heterocycles. The van der Waals surface area contributed by atoms with E-state index < -0.39 is 31.4 Å². The van der Waals surface area contributed by atoms with Crippen molar-refractivity contribution in [2.24, 2.45) is 0 Å². The number of hydrogen-bond acceptors (Lipinski definition) is 4. The molecule has 0 amide bonds. The zero-order valence-corrected chi connectivity index (χ0v) is 14.5. The molecule has 0 bridgehead atoms. The molecule has 8 heteroatoms. The van der Waals surface area contributed by atoms with Gasteiger partial charge in [-0.05, 0) is 0 Å². The van der Waals surface area contributed by atoms with Crippen molar-refractivity contribution in [3.8, 4) is 0 Å². The van der Waals surface area contributed by atoms with Gasteiger partial charge in [0.15, 0.2) is 0 Å². The molecule has 0 rings (SSSR count). The molecule has 0 aromatic carbocycles. The average Bonchev–Trinajstić information content (AvgIpc) is 1.39. The third kappa shape index (κ3) is 71.1. The minimum absolute atomic E-state index is 0. The number of hydrogen-bond donors (Lipinski definition) is 0. The minimum atomic E-state index is -2.19. The molecule has 0 aliphatic heterocycles. The molecule has 0 aromatic rings. The minimum Gasteiger partial charge on any atom is 1.00 e. The molecule has 0 unspecified atom stereocenters. The van der Waals surface area contributed by atoms with Crippen molar-refractivity contribution in [1.29, 1.82) is 0 Å². The Kier molecular flexibility index (Phi) is 93.3. The summed E-state index contributed by atoms with van der Waals surface area (Å²) in [5.41, 5.74) is 0. The SMILES string of the molecule is [Li+].[O]=[GeH][O-].[O]=[GeH][O-].[Rb+]. The van der Waals surface area contributed by atoms with Gasteiger partial charge in [0.25, 0.3) is 0 Å². The summed E-state index contributed by atoms with van der Waals surface area (Å²) in [5.74, 6) is 0. The van der Waals surface area contributed by atoms with Crippen LogP contribution in [0.3, 0.4) is 0 Å². The molecule has 0 N–H and O–H groups in total. The van der Waals surface area contributed by atoms with E-state index >= 15 is 0 Å². The first kappa shape index (κ1) is 22.4. The molecule has 4 nitrogen and oxygen atoms in total. The van der Waals surface area contributed by atoms with E-state index in [0.29, 0.717) is 0 Å². The van der Waals surface area contributed by atoms with Crippen LogP contribution in [0.15, 0.2) is 0 Å². The Balaban J connectivity index is -0.0000000160. The quantitative estimate of drug-likeness (QED) is 0.416. The second-order valence-corrected chi connectivity index (χ2v) is 1.00. The van der Waals surface area contributed by atoms with E-state index in [4.69, 9.17) is 15.8 Å². The van der Waals surface area contributed by atoms with Gasteiger partial charge in [0, 0.05) is 0 Å². The van der Waals surface area contributed by atoms with E-state index in [2.05, 4.69) is 0 Å². The van der Waals surface area contributed by atoms with Crippen LogP contribution >= 0.6 is 0 Å². The summed E-state index contributed by atoms with van der Waals surface area (Å²) < 4.78 is 34.1. The predicted octanol–water partition coefficient (Wildman–Crippen LogP) is -9.90. The Morgan fingerprint density at radius 1 is 1.00 bits per heavy atom. The molecule has 0 fully saturated rings. The Hall–Kier alpha value is 2.69. The van der Waals surface area contributed by atoms with Crippen LogP contribution in [0.1, 0.15) is 0 Å². The monoisotopic (exact) mass is 306 g/mol. The van der Waals surface area contributed by atoms with Crippen molar-refractivity contribution >= 4 is 31.4 Å². The van der Waals surface area contributed by atoms with Crippen LogP contribution in [0.5, 0.6) is 0 Å². The molecule has 0 saturated carbocycles. The normalized spacial score (nSPS) is 3.00. The van der Waals surface area contributed by atoms with Crippen LogP contribution in [0, 0.1) is 0 Å². The van der Waals surface area contributed by atoms with Crippen LogP contribution in [0.2, 0.25) is 0 Å². The molecule has 0 aliphatic carbocycles. The van der Waals surface area contributed by atoms with Crippen molar-refractivity contribution in [3.05, 3.63) is 0 Å². The van der Waals surface area contributed by atoms with Gasteiger partial charge in [-0.25, -0.2) is 0 Å². The molecule has 0 aromatic heterocycles. The van der Waals surface area contributed by atoms with E-state index in [9.17, 15) is 0 Å². The van der Waals surface area contributed by atoms with Crippen molar-refractivity contribution in [2.75, 3.05) is 0 Å². The predicted molar refractivity (Wildman–Crippen MR) is 15.7 cm³/mol. The molecular weight excluding hydrogens is 302 g/mol. The first-order chi connectivity index (χ1) is 2.83. The largest absolute Gasteiger partial charge is 1.00 e. The fourth-order valence-electron chi connectivity index (χ4n) is 0. The Morgan fingerprint density at radius 3 is 1.00 bits per heavy atom. The second kappa shape index (κ2) is 33.3. The molecular formula is H2Ge2LiO4Rb. The Bertz CT molecular complexity index is 35.0. The number of rotatable bonds is 0. The smallest absolute Gasteiger partial charge is 1.00 e. The van der Waals surface area contributed by atoms with Crippen molar-refractivity contribution in [1.82, 2.24) is 0 Å². The standard InChI is InChI=1S/2GeHO2.Li.Rb/c2*2-1-3;;/h2*1H;;/q2*-1;2*+1. The zero-order valence-electron chi connectivity index (χ0n) is 4.79. The van der Waals surface area contributed by atoms with Gasteiger partial charge < -0.3 is 0 Å². The first-order valence-corrected chi connectivity index (χ1v) is 4.90. The van der Waals surface area contributed by atoms with Gasteiger partial charge in [-0.15, -0.1) is 0 Å². The summed E-state index contributed by atoms with van der Waals surface area (Å²) in [6, 6.07) is 0. The summed E-state index contributed by atoms with van der Waals surface area (Å²) >= 11 is -4.38. The van der Waals surface area contributed by atoms with E-state index in [-0.39, 0.29) is 77.0 Å². The fourth-order valence-corrected chi connectivity index (χ4v) is 0. The van der Waals surface area contributed by atoms with Gasteiger partial charge in [0.2, 0.25) is 0 Å². The third-order valence-electron chi connectivity index (χ3n) is 0. The van der Waals surface area contributed by atoms with E-state index in [1.54, 1.807) is 0 Å². The van der Waals surface area contributed by atoms with Crippen LogP contribution in [0.25, 0.3) is 0 Å². The average molecular weight is 304 g/mol. The topological polar surface area (TPSA) is 80.3 Å². The molecule has 36 valence electrons. The summed E-state index contributed by atoms with van der Waals surface area (Å²) in [6.45, 7) is 0. The van der Waals surface area contributed by atoms with Gasteiger partial charge in [-0.3, -0.25) is 0 Å². The second-order valence-electron chi connectivity index (χ2n) is 0.192. The van der Waals surface area contributed by atoms with Crippen LogP contribution < -0.4 is 85.3 Å². The Labute approximate surface area is 121 Å². The Morgan fingerprint density at radius 2 is 1.00 bits per heavy atom. The first-order valence-electron chi connectivity index (χ1n) is 0.943.